The smallest absolute Gasteiger partial charge is 0.294 e. The van der Waals surface area contributed by atoms with Gasteiger partial charge in [0.2, 0.25) is 0 Å². The molecule has 1 saturated heterocycles. The van der Waals surface area contributed by atoms with Crippen molar-refractivity contribution in [1.82, 2.24) is 4.90 Å². The van der Waals surface area contributed by atoms with Gasteiger partial charge in [0.25, 0.3) is 11.8 Å². The van der Waals surface area contributed by atoms with Crippen LogP contribution in [0.2, 0.25) is 0 Å². The van der Waals surface area contributed by atoms with Gasteiger partial charge in [0.05, 0.1) is 12.2 Å². The third-order valence-corrected chi connectivity index (χ3v) is 8.23. The molecule has 2 aliphatic rings. The summed E-state index contributed by atoms with van der Waals surface area (Å²) >= 11 is 0. The number of ether oxygens (including phenoxy) is 1. The Labute approximate surface area is 247 Å². The molecule has 212 valence electrons. The minimum atomic E-state index is -0.198. The molecule has 2 amide bonds. The van der Waals surface area contributed by atoms with E-state index in [1.54, 1.807) is 11.0 Å². The Morgan fingerprint density at radius 3 is 2.21 bits per heavy atom. The van der Waals surface area contributed by atoms with Crippen molar-refractivity contribution >= 4 is 29.3 Å². The first-order valence-electron chi connectivity index (χ1n) is 14.4. The Kier molecular flexibility index (Phi) is 7.53. The van der Waals surface area contributed by atoms with Gasteiger partial charge < -0.3 is 14.5 Å². The van der Waals surface area contributed by atoms with Crippen molar-refractivity contribution in [2.45, 2.75) is 27.3 Å². The number of rotatable bonds is 5. The molecular formula is C36H35N3O3. The topological polar surface area (TPSA) is 53.1 Å². The Morgan fingerprint density at radius 2 is 1.48 bits per heavy atom. The second-order valence-electron chi connectivity index (χ2n) is 11.1. The molecule has 0 atom stereocenters. The highest BCUT2D eigenvalue weighted by Gasteiger charge is 2.30. The molecule has 0 N–H and O–H groups in total. The minimum Gasteiger partial charge on any atom is -0.449 e. The van der Waals surface area contributed by atoms with Crippen molar-refractivity contribution in [2.24, 2.45) is 0 Å². The predicted molar refractivity (Wildman–Crippen MR) is 168 cm³/mol. The number of carbonyl (C=O) groups is 2. The zero-order chi connectivity index (χ0) is 29.2. The average molecular weight is 558 g/mol. The van der Waals surface area contributed by atoms with Crippen LogP contribution in [0.15, 0.2) is 96.8 Å². The summed E-state index contributed by atoms with van der Waals surface area (Å²) < 4.78 is 6.06. The molecule has 0 unspecified atom stereocenters. The van der Waals surface area contributed by atoms with Crippen LogP contribution in [0.1, 0.15) is 38.2 Å². The number of nitrogens with zero attached hydrogens (tertiary/aromatic N) is 3. The molecule has 4 aromatic carbocycles. The third kappa shape index (κ3) is 5.53. The zero-order valence-electron chi connectivity index (χ0n) is 24.3. The summed E-state index contributed by atoms with van der Waals surface area (Å²) in [6.07, 6.45) is 1.75. The lowest BCUT2D eigenvalue weighted by molar-refractivity contribution is -0.117. The van der Waals surface area contributed by atoms with Gasteiger partial charge in [0, 0.05) is 37.4 Å². The van der Waals surface area contributed by atoms with E-state index < -0.39 is 0 Å². The van der Waals surface area contributed by atoms with E-state index in [1.165, 1.54) is 22.4 Å². The molecule has 4 aromatic rings. The predicted octanol–water partition coefficient (Wildman–Crippen LogP) is 6.54. The lowest BCUT2D eigenvalue weighted by Crippen LogP contribution is -2.49. The number of piperazine rings is 1. The van der Waals surface area contributed by atoms with Crippen LogP contribution in [0.4, 0.5) is 11.4 Å². The fraction of sp³-hybridized carbons (Fsp3) is 0.222. The van der Waals surface area contributed by atoms with Crippen molar-refractivity contribution in [2.75, 3.05) is 36.0 Å². The van der Waals surface area contributed by atoms with Gasteiger partial charge in [0.15, 0.2) is 11.5 Å². The zero-order valence-corrected chi connectivity index (χ0v) is 24.3. The summed E-state index contributed by atoms with van der Waals surface area (Å²) in [7, 11) is 0. The van der Waals surface area contributed by atoms with E-state index in [4.69, 9.17) is 4.74 Å². The molecule has 2 heterocycles. The van der Waals surface area contributed by atoms with E-state index in [0.29, 0.717) is 30.9 Å². The number of hydrogen-bond donors (Lipinski definition) is 0. The van der Waals surface area contributed by atoms with Crippen molar-refractivity contribution in [3.05, 3.63) is 130 Å². The lowest BCUT2D eigenvalue weighted by Gasteiger charge is -2.37. The Bertz CT molecular complexity index is 1650. The summed E-state index contributed by atoms with van der Waals surface area (Å²) in [6.45, 7) is 9.75. The molecule has 6 nitrogen and oxygen atoms in total. The molecular weight excluding hydrogens is 522 g/mol. The highest BCUT2D eigenvalue weighted by Crippen LogP contribution is 2.36. The number of hydrogen-bond acceptors (Lipinski definition) is 4. The van der Waals surface area contributed by atoms with Crippen LogP contribution in [0.3, 0.4) is 0 Å². The maximum absolute atomic E-state index is 13.6. The number of benzene rings is 4. The summed E-state index contributed by atoms with van der Waals surface area (Å²) in [4.78, 5) is 32.9. The minimum absolute atomic E-state index is 0.0259. The number of amides is 2. The van der Waals surface area contributed by atoms with Crippen LogP contribution < -0.4 is 14.5 Å². The molecule has 0 bridgehead atoms. The van der Waals surface area contributed by atoms with Gasteiger partial charge in [0.1, 0.15) is 0 Å². The van der Waals surface area contributed by atoms with Gasteiger partial charge in [-0.1, -0.05) is 66.2 Å². The Hall–Kier alpha value is -4.84. The highest BCUT2D eigenvalue weighted by molar-refractivity contribution is 6.09. The highest BCUT2D eigenvalue weighted by atomic mass is 16.5. The van der Waals surface area contributed by atoms with Crippen molar-refractivity contribution < 1.29 is 14.3 Å². The van der Waals surface area contributed by atoms with E-state index >= 15 is 0 Å². The quantitative estimate of drug-likeness (QED) is 0.262. The third-order valence-electron chi connectivity index (χ3n) is 8.23. The molecule has 1 fully saturated rings. The fourth-order valence-electron chi connectivity index (χ4n) is 5.58. The van der Waals surface area contributed by atoms with Gasteiger partial charge in [-0.2, -0.15) is 0 Å². The summed E-state index contributed by atoms with van der Waals surface area (Å²) in [5.74, 6) is 0.721. The molecule has 0 saturated carbocycles. The maximum atomic E-state index is 13.6. The van der Waals surface area contributed by atoms with Gasteiger partial charge in [-0.05, 0) is 79.4 Å². The summed E-state index contributed by atoms with van der Waals surface area (Å²) in [5, 5.41) is 0. The van der Waals surface area contributed by atoms with E-state index in [0.717, 1.165) is 29.9 Å². The molecule has 0 radical (unpaired) electrons. The SMILES string of the molecule is Cc1ccc(CN2C(=O)C(=Cc3ccc(C(=O)N4CCN(c5cccc(C)c5C)CC4)cc3)Oc3ccccc32)cc1. The Morgan fingerprint density at radius 1 is 0.786 bits per heavy atom. The maximum Gasteiger partial charge on any atom is 0.294 e. The second kappa shape index (κ2) is 11.6. The first kappa shape index (κ1) is 27.3. The van der Waals surface area contributed by atoms with Crippen LogP contribution in [-0.2, 0) is 11.3 Å². The molecule has 0 aliphatic carbocycles. The first-order valence-corrected chi connectivity index (χ1v) is 14.4. The lowest BCUT2D eigenvalue weighted by atomic mass is 10.1. The van der Waals surface area contributed by atoms with Crippen LogP contribution >= 0.6 is 0 Å². The largest absolute Gasteiger partial charge is 0.449 e. The molecule has 2 aliphatic heterocycles. The number of anilines is 2. The first-order chi connectivity index (χ1) is 20.4. The van der Waals surface area contributed by atoms with Crippen LogP contribution in [-0.4, -0.2) is 42.9 Å². The average Bonchev–Trinajstić information content (AvgIpc) is 3.02. The van der Waals surface area contributed by atoms with Crippen molar-refractivity contribution in [1.29, 1.82) is 0 Å². The normalized spacial score (nSPS) is 15.9. The standard InChI is InChI=1S/C36H35N3O3/c1-25-11-13-29(14-12-25)24-39-32-8-4-5-10-33(32)42-34(36(39)41)23-28-15-17-30(18-16-28)35(40)38-21-19-37(20-22-38)31-9-6-7-26(2)27(31)3/h4-18,23H,19-22,24H2,1-3H3. The van der Waals surface area contributed by atoms with E-state index in [9.17, 15) is 9.59 Å². The summed E-state index contributed by atoms with van der Waals surface area (Å²) in [5.41, 5.74) is 8.23. The second-order valence-corrected chi connectivity index (χ2v) is 11.1. The number of carbonyl (C=O) groups excluding carboxylic acids is 2. The van der Waals surface area contributed by atoms with Gasteiger partial charge in [-0.15, -0.1) is 0 Å². The fourth-order valence-corrected chi connectivity index (χ4v) is 5.58. The van der Waals surface area contributed by atoms with Crippen LogP contribution in [0, 0.1) is 20.8 Å². The van der Waals surface area contributed by atoms with E-state index in [2.05, 4.69) is 49.1 Å². The van der Waals surface area contributed by atoms with Crippen LogP contribution in [0.25, 0.3) is 6.08 Å². The van der Waals surface area contributed by atoms with Crippen molar-refractivity contribution in [3.63, 3.8) is 0 Å². The molecule has 0 aromatic heterocycles. The molecule has 42 heavy (non-hydrogen) atoms. The monoisotopic (exact) mass is 557 g/mol. The number of aryl methyl sites for hydroxylation is 2. The molecule has 0 spiro atoms. The van der Waals surface area contributed by atoms with Crippen molar-refractivity contribution in [3.8, 4) is 5.75 Å². The Balaban J connectivity index is 1.15. The molecule has 6 heteroatoms. The number of para-hydroxylation sites is 2. The number of fused-ring (bicyclic) bond motifs is 1. The molecule has 6 rings (SSSR count). The van der Waals surface area contributed by atoms with Gasteiger partial charge >= 0.3 is 0 Å². The summed E-state index contributed by atoms with van der Waals surface area (Å²) in [6, 6.07) is 29.6. The van der Waals surface area contributed by atoms with Gasteiger partial charge in [-0.3, -0.25) is 14.5 Å². The van der Waals surface area contributed by atoms with E-state index in [1.807, 2.05) is 72.5 Å². The van der Waals surface area contributed by atoms with E-state index in [-0.39, 0.29) is 17.6 Å². The van der Waals surface area contributed by atoms with Crippen LogP contribution in [0.5, 0.6) is 5.75 Å². The van der Waals surface area contributed by atoms with Gasteiger partial charge in [-0.25, -0.2) is 0 Å².